The number of aromatic nitrogens is 2. The molecule has 1 saturated heterocycles. The van der Waals surface area contributed by atoms with Gasteiger partial charge in [0.05, 0.1) is 37.6 Å². The van der Waals surface area contributed by atoms with Crippen LogP contribution in [0.5, 0.6) is 0 Å². The highest BCUT2D eigenvalue weighted by Gasteiger charge is 2.34. The normalized spacial score (nSPS) is 19.0. The Balaban J connectivity index is 1.68. The van der Waals surface area contributed by atoms with Gasteiger partial charge < -0.3 is 20.3 Å². The molecule has 0 bridgehead atoms. The molecule has 136 valence electrons. The van der Waals surface area contributed by atoms with Crippen molar-refractivity contribution in [3.8, 4) is 0 Å². The zero-order chi connectivity index (χ0) is 18.1. The van der Waals surface area contributed by atoms with Crippen LogP contribution in [0.15, 0.2) is 30.5 Å². The quantitative estimate of drug-likeness (QED) is 0.815. The molecule has 3 heterocycles. The maximum atomic E-state index is 11.4. The first-order valence-corrected chi connectivity index (χ1v) is 8.96. The second-order valence-electron chi connectivity index (χ2n) is 6.56. The monoisotopic (exact) mass is 373 g/mol. The molecule has 26 heavy (non-hydrogen) atoms. The predicted molar refractivity (Wildman–Crippen MR) is 99.4 cm³/mol. The fourth-order valence-corrected chi connectivity index (χ4v) is 3.77. The van der Waals surface area contributed by atoms with E-state index in [1.165, 1.54) is 0 Å². The highest BCUT2D eigenvalue weighted by atomic mass is 35.5. The first-order valence-electron chi connectivity index (χ1n) is 8.59. The number of benzene rings is 1. The minimum absolute atomic E-state index is 0.213. The highest BCUT2D eigenvalue weighted by molar-refractivity contribution is 6.28. The summed E-state index contributed by atoms with van der Waals surface area (Å²) in [5.41, 5.74) is 8.35. The first-order chi connectivity index (χ1) is 12.6. The number of ether oxygens (including phenoxy) is 1. The molecule has 1 aromatic carbocycles. The zero-order valence-electron chi connectivity index (χ0n) is 14.3. The Labute approximate surface area is 156 Å². The Bertz CT molecular complexity index is 831. The van der Waals surface area contributed by atoms with Crippen LogP contribution in [0.2, 0.25) is 5.28 Å². The lowest BCUT2D eigenvalue weighted by Gasteiger charge is -2.45. The summed E-state index contributed by atoms with van der Waals surface area (Å²) in [5.74, 6) is 0.510. The van der Waals surface area contributed by atoms with Gasteiger partial charge in [-0.2, -0.15) is 4.98 Å². The number of anilines is 2. The molecule has 1 amide bonds. The van der Waals surface area contributed by atoms with E-state index in [0.717, 1.165) is 35.7 Å². The van der Waals surface area contributed by atoms with E-state index in [4.69, 9.17) is 22.1 Å². The minimum Gasteiger partial charge on any atom is -0.377 e. The summed E-state index contributed by atoms with van der Waals surface area (Å²) in [6, 6.07) is 8.08. The van der Waals surface area contributed by atoms with Gasteiger partial charge in [-0.3, -0.25) is 4.79 Å². The lowest BCUT2D eigenvalue weighted by Crippen LogP contribution is -2.55. The van der Waals surface area contributed by atoms with E-state index < -0.39 is 0 Å². The van der Waals surface area contributed by atoms with E-state index in [2.05, 4.69) is 19.8 Å². The summed E-state index contributed by atoms with van der Waals surface area (Å²) in [5, 5.41) is 0.241. The summed E-state index contributed by atoms with van der Waals surface area (Å²) in [4.78, 5) is 24.5. The number of fused-ring (bicyclic) bond motifs is 3. The van der Waals surface area contributed by atoms with E-state index in [1.807, 2.05) is 24.3 Å². The molecule has 1 aromatic heterocycles. The lowest BCUT2D eigenvalue weighted by molar-refractivity contribution is -0.117. The second kappa shape index (κ2) is 7.09. The Morgan fingerprint density at radius 2 is 2.15 bits per heavy atom. The molecular formula is C18H20ClN5O2. The van der Waals surface area contributed by atoms with Crippen LogP contribution in [0, 0.1) is 0 Å². The Morgan fingerprint density at radius 3 is 2.96 bits per heavy atom. The van der Waals surface area contributed by atoms with E-state index in [1.54, 1.807) is 6.20 Å². The van der Waals surface area contributed by atoms with Crippen molar-refractivity contribution in [3.05, 3.63) is 46.9 Å². The fourth-order valence-electron chi connectivity index (χ4n) is 3.65. The number of nitrogens with zero attached hydrogens (tertiary/aromatic N) is 4. The number of morpholine rings is 1. The zero-order valence-corrected chi connectivity index (χ0v) is 15.0. The van der Waals surface area contributed by atoms with Crippen molar-refractivity contribution in [2.45, 2.75) is 19.0 Å². The average molecular weight is 374 g/mol. The van der Waals surface area contributed by atoms with Gasteiger partial charge in [-0.15, -0.1) is 0 Å². The second-order valence-corrected chi connectivity index (χ2v) is 6.90. The van der Waals surface area contributed by atoms with Crippen molar-refractivity contribution in [2.24, 2.45) is 5.73 Å². The third-order valence-corrected chi connectivity index (χ3v) is 5.02. The number of amides is 1. The number of nitrogens with two attached hydrogens (primary N) is 1. The molecule has 0 saturated carbocycles. The number of hydrogen-bond acceptors (Lipinski definition) is 6. The van der Waals surface area contributed by atoms with Crippen molar-refractivity contribution in [1.82, 2.24) is 9.97 Å². The molecule has 0 aliphatic carbocycles. The summed E-state index contributed by atoms with van der Waals surface area (Å²) >= 11 is 6.05. The smallest absolute Gasteiger partial charge is 0.224 e. The fraction of sp³-hybridized carbons (Fsp3) is 0.389. The molecule has 2 aliphatic heterocycles. The number of hydrogen-bond donors (Lipinski definition) is 1. The van der Waals surface area contributed by atoms with Gasteiger partial charge in [0.25, 0.3) is 0 Å². The van der Waals surface area contributed by atoms with E-state index >= 15 is 0 Å². The topological polar surface area (TPSA) is 84.6 Å². The van der Waals surface area contributed by atoms with Gasteiger partial charge in [0, 0.05) is 19.6 Å². The molecule has 0 spiro atoms. The molecule has 2 N–H and O–H groups in total. The molecule has 4 rings (SSSR count). The summed E-state index contributed by atoms with van der Waals surface area (Å²) in [6.07, 6.45) is 2.00. The van der Waals surface area contributed by atoms with Crippen molar-refractivity contribution in [3.63, 3.8) is 0 Å². The molecule has 7 nitrogen and oxygen atoms in total. The van der Waals surface area contributed by atoms with Gasteiger partial charge >= 0.3 is 0 Å². The van der Waals surface area contributed by atoms with Crippen LogP contribution in [0.4, 0.5) is 11.5 Å². The van der Waals surface area contributed by atoms with Crippen molar-refractivity contribution in [1.29, 1.82) is 0 Å². The molecule has 1 atom stereocenters. The Kier molecular flexibility index (Phi) is 4.65. The van der Waals surface area contributed by atoms with Gasteiger partial charge in [-0.25, -0.2) is 4.98 Å². The average Bonchev–Trinajstić information content (AvgIpc) is 2.63. The Morgan fingerprint density at radius 1 is 1.35 bits per heavy atom. The standard InChI is InChI=1S/C18H20ClN5O2/c19-18-21-8-15-17(22-18)24-5-6-26-11-14(24)10-23(15)9-13-4-2-1-3-12(13)7-16(20)25/h1-4,8,14H,5-7,9-11H2,(H2,20,25). The van der Waals surface area contributed by atoms with Gasteiger partial charge in [0.2, 0.25) is 11.2 Å². The Hall–Kier alpha value is -2.38. The highest BCUT2D eigenvalue weighted by Crippen LogP contribution is 2.36. The van der Waals surface area contributed by atoms with Crippen LogP contribution in [0.1, 0.15) is 11.1 Å². The minimum atomic E-state index is -0.335. The van der Waals surface area contributed by atoms with Crippen LogP contribution < -0.4 is 15.5 Å². The maximum Gasteiger partial charge on any atom is 0.224 e. The molecule has 0 radical (unpaired) electrons. The molecule has 8 heteroatoms. The summed E-state index contributed by atoms with van der Waals surface area (Å²) in [7, 11) is 0. The predicted octanol–water partition coefficient (Wildman–Crippen LogP) is 1.38. The van der Waals surface area contributed by atoms with Crippen molar-refractivity contribution < 1.29 is 9.53 Å². The number of carbonyl (C=O) groups excluding carboxylic acids is 1. The van der Waals surface area contributed by atoms with E-state index in [-0.39, 0.29) is 23.7 Å². The number of primary amides is 1. The van der Waals surface area contributed by atoms with Gasteiger partial charge in [0.15, 0.2) is 5.82 Å². The van der Waals surface area contributed by atoms with Gasteiger partial charge in [-0.1, -0.05) is 24.3 Å². The van der Waals surface area contributed by atoms with Crippen LogP contribution in [-0.4, -0.2) is 48.2 Å². The van der Waals surface area contributed by atoms with Crippen LogP contribution in [-0.2, 0) is 22.5 Å². The molecule has 1 fully saturated rings. The SMILES string of the molecule is NC(=O)Cc1ccccc1CN1CC2COCCN2c2nc(Cl)ncc21. The van der Waals surface area contributed by atoms with Crippen LogP contribution in [0.3, 0.4) is 0 Å². The summed E-state index contributed by atoms with van der Waals surface area (Å²) in [6.45, 7) is 3.56. The van der Waals surface area contributed by atoms with Crippen molar-refractivity contribution in [2.75, 3.05) is 36.1 Å². The largest absolute Gasteiger partial charge is 0.377 e. The molecule has 1 unspecified atom stereocenters. The molecular weight excluding hydrogens is 354 g/mol. The number of carbonyl (C=O) groups is 1. The molecule has 2 aliphatic rings. The number of halogens is 1. The maximum absolute atomic E-state index is 11.4. The van der Waals surface area contributed by atoms with E-state index in [0.29, 0.717) is 19.8 Å². The van der Waals surface area contributed by atoms with Gasteiger partial charge in [-0.05, 0) is 22.7 Å². The number of rotatable bonds is 4. The third kappa shape index (κ3) is 3.32. The third-order valence-electron chi connectivity index (χ3n) is 4.84. The summed E-state index contributed by atoms with van der Waals surface area (Å²) < 4.78 is 5.65. The van der Waals surface area contributed by atoms with Crippen LogP contribution >= 0.6 is 11.6 Å². The van der Waals surface area contributed by atoms with Crippen molar-refractivity contribution >= 4 is 29.0 Å². The molecule has 2 aromatic rings. The lowest BCUT2D eigenvalue weighted by atomic mass is 10.0. The van der Waals surface area contributed by atoms with Gasteiger partial charge in [0.1, 0.15) is 0 Å². The van der Waals surface area contributed by atoms with E-state index in [9.17, 15) is 4.79 Å². The first kappa shape index (κ1) is 17.1. The van der Waals surface area contributed by atoms with Crippen LogP contribution in [0.25, 0.3) is 0 Å².